The fourth-order valence-electron chi connectivity index (χ4n) is 1.12. The largest absolute Gasteiger partial charge is 0.496 e. The van der Waals surface area contributed by atoms with E-state index in [0.717, 1.165) is 21.4 Å². The quantitative estimate of drug-likeness (QED) is 0.785. The van der Waals surface area contributed by atoms with Crippen molar-refractivity contribution in [2.45, 2.75) is 13.8 Å². The maximum atomic E-state index is 11.1. The molecule has 3 heteroatoms. The number of hydrogen-bond acceptors (Lipinski definition) is 2. The van der Waals surface area contributed by atoms with Crippen LogP contribution in [0.5, 0.6) is 5.75 Å². The minimum Gasteiger partial charge on any atom is -0.496 e. The highest BCUT2D eigenvalue weighted by molar-refractivity contribution is 9.10. The molecule has 0 N–H and O–H groups in total. The van der Waals surface area contributed by atoms with Gasteiger partial charge in [0.1, 0.15) is 5.75 Å². The number of carbonyl (C=O) groups is 1. The van der Waals surface area contributed by atoms with Crippen LogP contribution in [0.4, 0.5) is 0 Å². The summed E-state index contributed by atoms with van der Waals surface area (Å²) < 4.78 is 6.00. The molecular weight excluding hydrogens is 256 g/mol. The summed E-state index contributed by atoms with van der Waals surface area (Å²) >= 11 is 3.40. The number of rotatable bonds is 3. The number of benzene rings is 1. The summed E-state index contributed by atoms with van der Waals surface area (Å²) in [5, 5.41) is 0. The van der Waals surface area contributed by atoms with Crippen LogP contribution in [-0.4, -0.2) is 12.9 Å². The smallest absolute Gasteiger partial charge is 0.155 e. The van der Waals surface area contributed by atoms with Gasteiger partial charge >= 0.3 is 0 Å². The lowest BCUT2D eigenvalue weighted by molar-refractivity contribution is -0.113. The van der Waals surface area contributed by atoms with E-state index in [4.69, 9.17) is 4.74 Å². The Balaban J connectivity index is 3.03. The summed E-state index contributed by atoms with van der Waals surface area (Å²) in [7, 11) is 1.62. The summed E-state index contributed by atoms with van der Waals surface area (Å²) in [6.45, 7) is 3.37. The Labute approximate surface area is 98.1 Å². The molecule has 0 saturated heterocycles. The van der Waals surface area contributed by atoms with Gasteiger partial charge in [0.15, 0.2) is 5.78 Å². The monoisotopic (exact) mass is 268 g/mol. The van der Waals surface area contributed by atoms with Crippen molar-refractivity contribution in [3.8, 4) is 5.75 Å². The molecule has 0 amide bonds. The molecule has 0 unspecified atom stereocenters. The van der Waals surface area contributed by atoms with Crippen molar-refractivity contribution in [1.29, 1.82) is 0 Å². The number of ketones is 1. The average molecular weight is 269 g/mol. The van der Waals surface area contributed by atoms with Crippen LogP contribution in [0.1, 0.15) is 19.4 Å². The molecule has 1 aromatic rings. The van der Waals surface area contributed by atoms with E-state index >= 15 is 0 Å². The predicted octanol–water partition coefficient (Wildman–Crippen LogP) is 3.45. The highest BCUT2D eigenvalue weighted by Gasteiger charge is 2.01. The first-order valence-corrected chi connectivity index (χ1v) is 5.36. The number of ether oxygens (including phenoxy) is 1. The minimum absolute atomic E-state index is 0.0851. The predicted molar refractivity (Wildman–Crippen MR) is 65.0 cm³/mol. The molecule has 0 aliphatic heterocycles. The Morgan fingerprint density at radius 3 is 2.53 bits per heavy atom. The normalized spacial score (nSPS) is 11.3. The first-order valence-electron chi connectivity index (χ1n) is 4.57. The summed E-state index contributed by atoms with van der Waals surface area (Å²) in [5.41, 5.74) is 1.72. The molecule has 15 heavy (non-hydrogen) atoms. The van der Waals surface area contributed by atoms with Crippen molar-refractivity contribution in [2.24, 2.45) is 0 Å². The van der Waals surface area contributed by atoms with E-state index in [1.165, 1.54) is 0 Å². The van der Waals surface area contributed by atoms with Crippen LogP contribution in [0.2, 0.25) is 0 Å². The second-order valence-electron chi connectivity index (χ2n) is 3.28. The zero-order valence-electron chi connectivity index (χ0n) is 9.00. The molecule has 0 atom stereocenters. The van der Waals surface area contributed by atoms with Gasteiger partial charge in [0.2, 0.25) is 0 Å². The average Bonchev–Trinajstić information content (AvgIpc) is 2.18. The molecule has 0 bridgehead atoms. The topological polar surface area (TPSA) is 26.3 Å². The van der Waals surface area contributed by atoms with E-state index in [9.17, 15) is 4.79 Å². The van der Waals surface area contributed by atoms with E-state index in [1.54, 1.807) is 21.0 Å². The number of halogens is 1. The van der Waals surface area contributed by atoms with Gasteiger partial charge < -0.3 is 4.74 Å². The van der Waals surface area contributed by atoms with Gasteiger partial charge in [0.05, 0.1) is 11.6 Å². The highest BCUT2D eigenvalue weighted by Crippen LogP contribution is 2.26. The molecule has 0 radical (unpaired) electrons. The lowest BCUT2D eigenvalue weighted by Gasteiger charge is -2.04. The van der Waals surface area contributed by atoms with Crippen LogP contribution in [-0.2, 0) is 4.79 Å². The maximum Gasteiger partial charge on any atom is 0.155 e. The summed E-state index contributed by atoms with van der Waals surface area (Å²) in [6.07, 6.45) is 1.85. The molecule has 0 spiro atoms. The number of allylic oxidation sites excluding steroid dienone is 1. The van der Waals surface area contributed by atoms with Crippen LogP contribution >= 0.6 is 15.9 Å². The lowest BCUT2D eigenvalue weighted by atomic mass is 10.1. The Hall–Kier alpha value is -1.09. The second kappa shape index (κ2) is 5.12. The Kier molecular flexibility index (Phi) is 4.09. The molecule has 0 aliphatic rings. The Morgan fingerprint density at radius 2 is 2.07 bits per heavy atom. The van der Waals surface area contributed by atoms with E-state index in [2.05, 4.69) is 15.9 Å². The molecule has 0 aliphatic carbocycles. The third kappa shape index (κ3) is 3.20. The van der Waals surface area contributed by atoms with Crippen LogP contribution < -0.4 is 4.74 Å². The molecule has 0 aromatic heterocycles. The zero-order valence-corrected chi connectivity index (χ0v) is 10.6. The molecule has 0 saturated carbocycles. The Bertz CT molecular complexity index is 408. The highest BCUT2D eigenvalue weighted by atomic mass is 79.9. The van der Waals surface area contributed by atoms with Crippen molar-refractivity contribution in [3.63, 3.8) is 0 Å². The number of Topliss-reactive ketones (excluding diaryl/α,β-unsaturated/α-hetero) is 1. The first kappa shape index (κ1) is 12.0. The minimum atomic E-state index is 0.0851. The van der Waals surface area contributed by atoms with Gasteiger partial charge in [-0.2, -0.15) is 0 Å². The van der Waals surface area contributed by atoms with Gasteiger partial charge in [0, 0.05) is 0 Å². The molecule has 2 nitrogen and oxygen atoms in total. The van der Waals surface area contributed by atoms with Crippen LogP contribution in [0.15, 0.2) is 28.2 Å². The molecule has 1 rings (SSSR count). The van der Waals surface area contributed by atoms with Crippen molar-refractivity contribution in [2.75, 3.05) is 7.11 Å². The first-order chi connectivity index (χ1) is 7.04. The standard InChI is InChI=1S/C12H13BrO2/c1-8(9(2)14)6-10-4-5-12(15-3)11(13)7-10/h4-7H,1-3H3/b8-6-. The summed E-state index contributed by atoms with van der Waals surface area (Å²) in [5.74, 6) is 0.870. The van der Waals surface area contributed by atoms with Crippen molar-refractivity contribution >= 4 is 27.8 Å². The Morgan fingerprint density at radius 1 is 1.40 bits per heavy atom. The van der Waals surface area contributed by atoms with E-state index in [0.29, 0.717) is 0 Å². The second-order valence-corrected chi connectivity index (χ2v) is 4.13. The molecule has 1 aromatic carbocycles. The molecular formula is C12H13BrO2. The molecule has 80 valence electrons. The van der Waals surface area contributed by atoms with Gasteiger partial charge in [-0.1, -0.05) is 6.07 Å². The van der Waals surface area contributed by atoms with Gasteiger partial charge in [-0.05, 0) is 59.1 Å². The molecule has 0 fully saturated rings. The van der Waals surface area contributed by atoms with Crippen LogP contribution in [0.3, 0.4) is 0 Å². The van der Waals surface area contributed by atoms with E-state index in [-0.39, 0.29) is 5.78 Å². The van der Waals surface area contributed by atoms with E-state index < -0.39 is 0 Å². The van der Waals surface area contributed by atoms with Crippen molar-refractivity contribution in [3.05, 3.63) is 33.8 Å². The van der Waals surface area contributed by atoms with Crippen molar-refractivity contribution < 1.29 is 9.53 Å². The SMILES string of the molecule is COc1ccc(/C=C(/C)C(C)=O)cc1Br. The lowest BCUT2D eigenvalue weighted by Crippen LogP contribution is -1.91. The fourth-order valence-corrected chi connectivity index (χ4v) is 1.68. The number of methoxy groups -OCH3 is 1. The van der Waals surface area contributed by atoms with Crippen LogP contribution in [0.25, 0.3) is 6.08 Å². The number of carbonyl (C=O) groups excluding carboxylic acids is 1. The maximum absolute atomic E-state index is 11.1. The zero-order chi connectivity index (χ0) is 11.4. The van der Waals surface area contributed by atoms with Gasteiger partial charge in [-0.15, -0.1) is 0 Å². The van der Waals surface area contributed by atoms with Gasteiger partial charge in [-0.3, -0.25) is 4.79 Å². The number of hydrogen-bond donors (Lipinski definition) is 0. The fraction of sp³-hybridized carbons (Fsp3) is 0.250. The van der Waals surface area contributed by atoms with Gasteiger partial charge in [-0.25, -0.2) is 0 Å². The summed E-state index contributed by atoms with van der Waals surface area (Å²) in [4.78, 5) is 11.1. The van der Waals surface area contributed by atoms with Crippen LogP contribution in [0, 0.1) is 0 Å². The molecule has 0 heterocycles. The third-order valence-electron chi connectivity index (χ3n) is 2.11. The third-order valence-corrected chi connectivity index (χ3v) is 2.73. The van der Waals surface area contributed by atoms with Gasteiger partial charge in [0.25, 0.3) is 0 Å². The summed E-state index contributed by atoms with van der Waals surface area (Å²) in [6, 6.07) is 5.70. The van der Waals surface area contributed by atoms with Crippen molar-refractivity contribution in [1.82, 2.24) is 0 Å². The van der Waals surface area contributed by atoms with E-state index in [1.807, 2.05) is 24.3 Å².